The second kappa shape index (κ2) is 8.47. The maximum absolute atomic E-state index is 5.52. The molecule has 0 aliphatic rings. The highest BCUT2D eigenvalue weighted by molar-refractivity contribution is 5.31. The van der Waals surface area contributed by atoms with Gasteiger partial charge < -0.3 is 18.9 Å². The zero-order valence-corrected chi connectivity index (χ0v) is 12.6. The summed E-state index contributed by atoms with van der Waals surface area (Å²) in [5.74, 6) is 6.54. The Balaban J connectivity index is 2.51. The van der Waals surface area contributed by atoms with Crippen molar-refractivity contribution in [3.8, 4) is 23.3 Å². The molecule has 0 radical (unpaired) electrons. The lowest BCUT2D eigenvalue weighted by Gasteiger charge is -2.22. The number of hydrogen-bond donors (Lipinski definition) is 0. The Kier molecular flexibility index (Phi) is 6.92. The normalized spacial score (nSPS) is 10.6. The molecule has 110 valence electrons. The fourth-order valence-electron chi connectivity index (χ4n) is 1.65. The van der Waals surface area contributed by atoms with Gasteiger partial charge in [-0.3, -0.25) is 0 Å². The molecule has 0 fully saturated rings. The Labute approximate surface area is 121 Å². The van der Waals surface area contributed by atoms with Crippen LogP contribution in [0.3, 0.4) is 0 Å². The molecule has 0 saturated carbocycles. The quantitative estimate of drug-likeness (QED) is 0.567. The third-order valence-electron chi connectivity index (χ3n) is 2.53. The average molecular weight is 278 g/mol. The zero-order valence-electron chi connectivity index (χ0n) is 12.6. The molecule has 0 bridgehead atoms. The first-order valence-electron chi connectivity index (χ1n) is 6.68. The van der Waals surface area contributed by atoms with Crippen LogP contribution in [0.25, 0.3) is 0 Å². The van der Waals surface area contributed by atoms with Crippen molar-refractivity contribution in [1.29, 1.82) is 0 Å². The van der Waals surface area contributed by atoms with Crippen molar-refractivity contribution in [3.05, 3.63) is 24.3 Å². The van der Waals surface area contributed by atoms with E-state index in [9.17, 15) is 0 Å². The van der Waals surface area contributed by atoms with Crippen molar-refractivity contribution < 1.29 is 18.9 Å². The first-order chi connectivity index (χ1) is 9.63. The smallest absolute Gasteiger partial charge is 0.230 e. The van der Waals surface area contributed by atoms with Crippen LogP contribution in [0.2, 0.25) is 0 Å². The summed E-state index contributed by atoms with van der Waals surface area (Å²) < 4.78 is 21.6. The molecule has 1 aromatic rings. The van der Waals surface area contributed by atoms with Crippen molar-refractivity contribution in [2.75, 3.05) is 26.9 Å². The van der Waals surface area contributed by atoms with Crippen LogP contribution in [-0.2, 0) is 9.47 Å². The number of hydrogen-bond acceptors (Lipinski definition) is 4. The van der Waals surface area contributed by atoms with E-state index in [1.807, 2.05) is 38.1 Å². The van der Waals surface area contributed by atoms with Crippen LogP contribution in [0.4, 0.5) is 0 Å². The van der Waals surface area contributed by atoms with Gasteiger partial charge in [0.05, 0.1) is 7.11 Å². The second-order valence-corrected chi connectivity index (χ2v) is 4.08. The van der Waals surface area contributed by atoms with E-state index < -0.39 is 5.79 Å². The molecule has 4 heteroatoms. The average Bonchev–Trinajstić information content (AvgIpc) is 2.45. The fraction of sp³-hybridized carbons (Fsp3) is 0.500. The molecule has 0 atom stereocenters. The molecule has 1 rings (SSSR count). The molecule has 1 aromatic carbocycles. The summed E-state index contributed by atoms with van der Waals surface area (Å²) in [7, 11) is 1.63. The SMILES string of the molecule is CCOC(C)(C#CCOc1ccc(OC)cc1)OCC. The van der Waals surface area contributed by atoms with Crippen molar-refractivity contribution in [2.24, 2.45) is 0 Å². The first kappa shape index (κ1) is 16.4. The topological polar surface area (TPSA) is 36.9 Å². The highest BCUT2D eigenvalue weighted by Crippen LogP contribution is 2.16. The van der Waals surface area contributed by atoms with Gasteiger partial charge in [-0.15, -0.1) is 0 Å². The van der Waals surface area contributed by atoms with Crippen LogP contribution in [0.1, 0.15) is 20.8 Å². The molecule has 0 aromatic heterocycles. The van der Waals surface area contributed by atoms with Crippen molar-refractivity contribution >= 4 is 0 Å². The molecule has 0 N–H and O–H groups in total. The van der Waals surface area contributed by atoms with Gasteiger partial charge in [-0.1, -0.05) is 5.92 Å². The number of rotatable bonds is 7. The van der Waals surface area contributed by atoms with Crippen molar-refractivity contribution in [3.63, 3.8) is 0 Å². The largest absolute Gasteiger partial charge is 0.497 e. The van der Waals surface area contributed by atoms with Gasteiger partial charge in [0.2, 0.25) is 5.79 Å². The van der Waals surface area contributed by atoms with E-state index in [4.69, 9.17) is 18.9 Å². The van der Waals surface area contributed by atoms with E-state index in [0.29, 0.717) is 13.2 Å². The summed E-state index contributed by atoms with van der Waals surface area (Å²) >= 11 is 0. The fourth-order valence-corrected chi connectivity index (χ4v) is 1.65. The predicted molar refractivity (Wildman–Crippen MR) is 77.9 cm³/mol. The van der Waals surface area contributed by atoms with Crippen LogP contribution in [-0.4, -0.2) is 32.7 Å². The van der Waals surface area contributed by atoms with Gasteiger partial charge >= 0.3 is 0 Å². The molecule has 0 amide bonds. The van der Waals surface area contributed by atoms with Crippen LogP contribution < -0.4 is 9.47 Å². The van der Waals surface area contributed by atoms with Crippen molar-refractivity contribution in [1.82, 2.24) is 0 Å². The third-order valence-corrected chi connectivity index (χ3v) is 2.53. The maximum atomic E-state index is 5.52. The van der Waals surface area contributed by atoms with E-state index in [1.165, 1.54) is 0 Å². The maximum Gasteiger partial charge on any atom is 0.230 e. The lowest BCUT2D eigenvalue weighted by atomic mass is 10.3. The molecule has 0 spiro atoms. The Hall–Kier alpha value is -1.70. The van der Waals surface area contributed by atoms with Gasteiger partial charge in [0.1, 0.15) is 18.1 Å². The summed E-state index contributed by atoms with van der Waals surface area (Å²) in [4.78, 5) is 0. The van der Waals surface area contributed by atoms with Crippen LogP contribution >= 0.6 is 0 Å². The molecule has 20 heavy (non-hydrogen) atoms. The number of ether oxygens (including phenoxy) is 4. The molecule has 0 aliphatic heterocycles. The molecule has 0 heterocycles. The van der Waals surface area contributed by atoms with E-state index in [-0.39, 0.29) is 6.61 Å². The van der Waals surface area contributed by atoms with Crippen LogP contribution in [0, 0.1) is 11.8 Å². The minimum atomic E-state index is -0.868. The molecule has 4 nitrogen and oxygen atoms in total. The van der Waals surface area contributed by atoms with Gasteiger partial charge in [0, 0.05) is 20.1 Å². The van der Waals surface area contributed by atoms with Crippen molar-refractivity contribution in [2.45, 2.75) is 26.6 Å². The summed E-state index contributed by atoms with van der Waals surface area (Å²) in [6.07, 6.45) is 0. The summed E-state index contributed by atoms with van der Waals surface area (Å²) in [6, 6.07) is 7.36. The molecular formula is C16H22O4. The molecular weight excluding hydrogens is 256 g/mol. The van der Waals surface area contributed by atoms with Gasteiger partial charge in [0.25, 0.3) is 0 Å². The van der Waals surface area contributed by atoms with Crippen LogP contribution in [0.15, 0.2) is 24.3 Å². The highest BCUT2D eigenvalue weighted by Gasteiger charge is 2.21. The van der Waals surface area contributed by atoms with E-state index >= 15 is 0 Å². The standard InChI is InChI=1S/C16H22O4/c1-5-19-16(3,20-6-2)12-7-13-18-15-10-8-14(17-4)9-11-15/h8-11H,5-6,13H2,1-4H3. The Bertz CT molecular complexity index is 436. The minimum absolute atomic E-state index is 0.280. The highest BCUT2D eigenvalue weighted by atomic mass is 16.7. The zero-order chi connectivity index (χ0) is 14.8. The van der Waals surface area contributed by atoms with Crippen LogP contribution in [0.5, 0.6) is 11.5 Å². The lowest BCUT2D eigenvalue weighted by molar-refractivity contribution is -0.179. The molecule has 0 aliphatic carbocycles. The monoisotopic (exact) mass is 278 g/mol. The van der Waals surface area contributed by atoms with E-state index in [2.05, 4.69) is 11.8 Å². The van der Waals surface area contributed by atoms with E-state index in [0.717, 1.165) is 11.5 Å². The first-order valence-corrected chi connectivity index (χ1v) is 6.68. The summed E-state index contributed by atoms with van der Waals surface area (Å²) in [6.45, 7) is 7.00. The Morgan fingerprint density at radius 2 is 1.55 bits per heavy atom. The third kappa shape index (κ3) is 5.52. The number of benzene rings is 1. The van der Waals surface area contributed by atoms with Gasteiger partial charge in [0.15, 0.2) is 0 Å². The van der Waals surface area contributed by atoms with Gasteiger partial charge in [-0.05, 0) is 44.0 Å². The second-order valence-electron chi connectivity index (χ2n) is 4.08. The molecule has 0 unspecified atom stereocenters. The minimum Gasteiger partial charge on any atom is -0.497 e. The summed E-state index contributed by atoms with van der Waals surface area (Å²) in [5, 5.41) is 0. The van der Waals surface area contributed by atoms with Gasteiger partial charge in [-0.25, -0.2) is 0 Å². The van der Waals surface area contributed by atoms with E-state index in [1.54, 1.807) is 14.0 Å². The molecule has 0 saturated heterocycles. The Morgan fingerprint density at radius 1 is 1.00 bits per heavy atom. The lowest BCUT2D eigenvalue weighted by Crippen LogP contribution is -2.30. The summed E-state index contributed by atoms with van der Waals surface area (Å²) in [5.41, 5.74) is 0. The Morgan fingerprint density at radius 3 is 2.05 bits per heavy atom. The predicted octanol–water partition coefficient (Wildman–Crippen LogP) is 2.87. The number of methoxy groups -OCH3 is 1. The van der Waals surface area contributed by atoms with Gasteiger partial charge in [-0.2, -0.15) is 0 Å².